The molecule has 2 aromatic rings. The van der Waals surface area contributed by atoms with Crippen molar-refractivity contribution in [2.75, 3.05) is 5.32 Å². The molecule has 0 saturated carbocycles. The van der Waals surface area contributed by atoms with Crippen LogP contribution < -0.4 is 10.6 Å². The van der Waals surface area contributed by atoms with Gasteiger partial charge in [0.2, 0.25) is 0 Å². The number of nitrogens with zero attached hydrogens (tertiary/aromatic N) is 1. The number of anilines is 1. The Bertz CT molecular complexity index is 593. The van der Waals surface area contributed by atoms with Crippen LogP contribution in [0.25, 0.3) is 10.2 Å². The van der Waals surface area contributed by atoms with Gasteiger partial charge in [-0.05, 0) is 25.5 Å². The number of carbonyl (C=O) groups is 2. The summed E-state index contributed by atoms with van der Waals surface area (Å²) in [4.78, 5) is 26.5. The minimum atomic E-state index is -0.870. The number of fused-ring (bicyclic) bond motifs is 1. The van der Waals surface area contributed by atoms with Gasteiger partial charge in [-0.3, -0.25) is 10.1 Å². The third-order valence-electron chi connectivity index (χ3n) is 2.68. The summed E-state index contributed by atoms with van der Waals surface area (Å²) < 4.78 is 1.00. The lowest BCUT2D eigenvalue weighted by Gasteiger charge is -2.12. The van der Waals surface area contributed by atoms with Crippen molar-refractivity contribution in [1.82, 2.24) is 10.3 Å². The SMILES string of the molecule is CC(CCC(=O)O)NC(=O)Nc1nc2ccccc2s1. The van der Waals surface area contributed by atoms with E-state index in [0.29, 0.717) is 11.6 Å². The van der Waals surface area contributed by atoms with Crippen molar-refractivity contribution < 1.29 is 14.7 Å². The zero-order valence-electron chi connectivity index (χ0n) is 10.9. The fraction of sp³-hybridized carbons (Fsp3) is 0.308. The lowest BCUT2D eigenvalue weighted by atomic mass is 10.2. The van der Waals surface area contributed by atoms with E-state index in [4.69, 9.17) is 5.11 Å². The molecule has 0 fully saturated rings. The van der Waals surface area contributed by atoms with Gasteiger partial charge in [-0.2, -0.15) is 0 Å². The molecule has 7 heteroatoms. The number of carboxylic acid groups (broad SMARTS) is 1. The molecule has 1 atom stereocenters. The van der Waals surface area contributed by atoms with Crippen LogP contribution in [-0.4, -0.2) is 28.1 Å². The van der Waals surface area contributed by atoms with E-state index in [-0.39, 0.29) is 18.5 Å². The number of amides is 2. The van der Waals surface area contributed by atoms with Crippen molar-refractivity contribution in [1.29, 1.82) is 0 Å². The van der Waals surface area contributed by atoms with Gasteiger partial charge in [0, 0.05) is 12.5 Å². The van der Waals surface area contributed by atoms with Gasteiger partial charge in [0.15, 0.2) is 5.13 Å². The highest BCUT2D eigenvalue weighted by atomic mass is 32.1. The largest absolute Gasteiger partial charge is 0.481 e. The molecule has 2 amide bonds. The van der Waals surface area contributed by atoms with Gasteiger partial charge in [-0.15, -0.1) is 0 Å². The number of aliphatic carboxylic acids is 1. The highest BCUT2D eigenvalue weighted by Gasteiger charge is 2.11. The highest BCUT2D eigenvalue weighted by Crippen LogP contribution is 2.25. The lowest BCUT2D eigenvalue weighted by molar-refractivity contribution is -0.137. The Kier molecular flexibility index (Phi) is 4.52. The second-order valence-corrected chi connectivity index (χ2v) is 5.45. The molecule has 0 bridgehead atoms. The Morgan fingerprint density at radius 3 is 2.85 bits per heavy atom. The highest BCUT2D eigenvalue weighted by molar-refractivity contribution is 7.22. The molecular weight excluding hydrogens is 278 g/mol. The third kappa shape index (κ3) is 3.92. The van der Waals surface area contributed by atoms with Gasteiger partial charge in [0.1, 0.15) is 0 Å². The number of urea groups is 1. The molecule has 1 unspecified atom stereocenters. The van der Waals surface area contributed by atoms with Gasteiger partial charge in [-0.1, -0.05) is 23.5 Å². The van der Waals surface area contributed by atoms with Crippen LogP contribution in [0, 0.1) is 0 Å². The monoisotopic (exact) mass is 293 g/mol. The summed E-state index contributed by atoms with van der Waals surface area (Å²) in [5.41, 5.74) is 0.840. The first kappa shape index (κ1) is 14.3. The Morgan fingerprint density at radius 1 is 1.40 bits per heavy atom. The maximum absolute atomic E-state index is 11.7. The topological polar surface area (TPSA) is 91.3 Å². The summed E-state index contributed by atoms with van der Waals surface area (Å²) in [6.45, 7) is 1.76. The number of hydrogen-bond acceptors (Lipinski definition) is 4. The minimum absolute atomic E-state index is 0.0303. The number of aromatic nitrogens is 1. The van der Waals surface area contributed by atoms with E-state index in [0.717, 1.165) is 10.2 Å². The standard InChI is InChI=1S/C13H15N3O3S/c1-8(6-7-11(17)18)14-12(19)16-13-15-9-4-2-3-5-10(9)20-13/h2-5,8H,6-7H2,1H3,(H,17,18)(H2,14,15,16,19). The van der Waals surface area contributed by atoms with Crippen LogP contribution in [0.4, 0.5) is 9.93 Å². The van der Waals surface area contributed by atoms with Crippen molar-refractivity contribution in [3.05, 3.63) is 24.3 Å². The molecule has 0 spiro atoms. The quantitative estimate of drug-likeness (QED) is 0.790. The maximum atomic E-state index is 11.7. The molecule has 0 radical (unpaired) electrons. The van der Waals surface area contributed by atoms with Crippen molar-refractivity contribution in [3.8, 4) is 0 Å². The average Bonchev–Trinajstić information content (AvgIpc) is 2.78. The molecule has 3 N–H and O–H groups in total. The van der Waals surface area contributed by atoms with E-state index in [1.165, 1.54) is 11.3 Å². The number of carbonyl (C=O) groups excluding carboxylic acids is 1. The Labute approximate surface area is 119 Å². The first-order valence-electron chi connectivity index (χ1n) is 6.19. The second-order valence-electron chi connectivity index (χ2n) is 4.42. The molecule has 1 heterocycles. The number of carboxylic acids is 1. The first-order valence-corrected chi connectivity index (χ1v) is 7.01. The van der Waals surface area contributed by atoms with Crippen LogP contribution in [0.2, 0.25) is 0 Å². The van der Waals surface area contributed by atoms with Gasteiger partial charge < -0.3 is 10.4 Å². The molecule has 106 valence electrons. The summed E-state index contributed by atoms with van der Waals surface area (Å²) >= 11 is 1.39. The maximum Gasteiger partial charge on any atom is 0.321 e. The average molecular weight is 293 g/mol. The number of nitrogens with one attached hydrogen (secondary N) is 2. The van der Waals surface area contributed by atoms with Gasteiger partial charge in [-0.25, -0.2) is 9.78 Å². The Morgan fingerprint density at radius 2 is 2.15 bits per heavy atom. The zero-order valence-corrected chi connectivity index (χ0v) is 11.7. The van der Waals surface area contributed by atoms with Crippen molar-refractivity contribution in [3.63, 3.8) is 0 Å². The fourth-order valence-electron chi connectivity index (χ4n) is 1.69. The normalized spacial score (nSPS) is 12.1. The summed E-state index contributed by atoms with van der Waals surface area (Å²) in [6.07, 6.45) is 0.422. The van der Waals surface area contributed by atoms with Crippen molar-refractivity contribution in [2.24, 2.45) is 0 Å². The number of para-hydroxylation sites is 1. The summed E-state index contributed by atoms with van der Waals surface area (Å²) in [5, 5.41) is 14.4. The molecule has 0 saturated heterocycles. The number of benzene rings is 1. The molecule has 1 aromatic carbocycles. The molecule has 0 aliphatic heterocycles. The van der Waals surface area contributed by atoms with Gasteiger partial charge in [0.25, 0.3) is 0 Å². The van der Waals surface area contributed by atoms with E-state index in [1.54, 1.807) is 6.92 Å². The molecule has 0 aliphatic carbocycles. The summed E-state index contributed by atoms with van der Waals surface area (Å²) in [5.74, 6) is -0.870. The lowest BCUT2D eigenvalue weighted by Crippen LogP contribution is -2.36. The van der Waals surface area contributed by atoms with E-state index in [9.17, 15) is 9.59 Å². The number of hydrogen-bond donors (Lipinski definition) is 3. The van der Waals surface area contributed by atoms with Gasteiger partial charge in [0.05, 0.1) is 10.2 Å². The minimum Gasteiger partial charge on any atom is -0.481 e. The van der Waals surface area contributed by atoms with Crippen LogP contribution >= 0.6 is 11.3 Å². The van der Waals surface area contributed by atoms with E-state index in [2.05, 4.69) is 15.6 Å². The van der Waals surface area contributed by atoms with Crippen LogP contribution in [-0.2, 0) is 4.79 Å². The van der Waals surface area contributed by atoms with Crippen LogP contribution in [0.3, 0.4) is 0 Å². The molecule has 2 rings (SSSR count). The second kappa shape index (κ2) is 6.33. The number of rotatable bonds is 5. The van der Waals surface area contributed by atoms with E-state index < -0.39 is 5.97 Å². The van der Waals surface area contributed by atoms with E-state index >= 15 is 0 Å². The third-order valence-corrected chi connectivity index (χ3v) is 3.63. The predicted molar refractivity (Wildman–Crippen MR) is 78.1 cm³/mol. The molecule has 6 nitrogen and oxygen atoms in total. The molecule has 0 aliphatic rings. The Balaban J connectivity index is 1.89. The predicted octanol–water partition coefficient (Wildman–Crippen LogP) is 2.67. The summed E-state index contributed by atoms with van der Waals surface area (Å²) in [6, 6.07) is 7.04. The van der Waals surface area contributed by atoms with Crippen LogP contribution in [0.15, 0.2) is 24.3 Å². The molecule has 1 aromatic heterocycles. The van der Waals surface area contributed by atoms with Gasteiger partial charge >= 0.3 is 12.0 Å². The van der Waals surface area contributed by atoms with Crippen molar-refractivity contribution in [2.45, 2.75) is 25.8 Å². The van der Waals surface area contributed by atoms with Crippen LogP contribution in [0.1, 0.15) is 19.8 Å². The van der Waals surface area contributed by atoms with Crippen LogP contribution in [0.5, 0.6) is 0 Å². The smallest absolute Gasteiger partial charge is 0.321 e. The molecular formula is C13H15N3O3S. The fourth-order valence-corrected chi connectivity index (χ4v) is 2.56. The first-order chi connectivity index (χ1) is 9.54. The van der Waals surface area contributed by atoms with E-state index in [1.807, 2.05) is 24.3 Å². The molecule has 20 heavy (non-hydrogen) atoms. The Hall–Kier alpha value is -2.15. The summed E-state index contributed by atoms with van der Waals surface area (Å²) in [7, 11) is 0. The zero-order chi connectivity index (χ0) is 14.5. The number of thiazole rings is 1. The van der Waals surface area contributed by atoms with Crippen molar-refractivity contribution >= 4 is 38.7 Å².